The molecular weight excluding hydrogens is 386 g/mol. The molecule has 0 unspecified atom stereocenters. The highest BCUT2D eigenvalue weighted by molar-refractivity contribution is 7.92. The monoisotopic (exact) mass is 409 g/mol. The SMILES string of the molecule is CN(CCNC(=O)c1cccc(NS(=O)(=O)c2ccccc2)c1)c1ccccc1. The Morgan fingerprint density at radius 1 is 0.897 bits per heavy atom. The molecule has 3 rings (SSSR count). The highest BCUT2D eigenvalue weighted by atomic mass is 32.2. The van der Waals surface area contributed by atoms with E-state index in [2.05, 4.69) is 10.0 Å². The molecule has 0 saturated heterocycles. The first-order chi connectivity index (χ1) is 14.0. The minimum atomic E-state index is -3.70. The smallest absolute Gasteiger partial charge is 0.261 e. The third kappa shape index (κ3) is 5.58. The summed E-state index contributed by atoms with van der Waals surface area (Å²) in [7, 11) is -1.74. The molecule has 0 aromatic heterocycles. The van der Waals surface area contributed by atoms with Crippen LogP contribution in [0.2, 0.25) is 0 Å². The van der Waals surface area contributed by atoms with E-state index in [9.17, 15) is 13.2 Å². The maximum absolute atomic E-state index is 12.4. The Bertz CT molecular complexity index is 1050. The van der Waals surface area contributed by atoms with Crippen LogP contribution in [-0.2, 0) is 10.0 Å². The van der Waals surface area contributed by atoms with Crippen molar-refractivity contribution in [2.45, 2.75) is 4.90 Å². The Balaban J connectivity index is 1.59. The number of benzene rings is 3. The van der Waals surface area contributed by atoms with Crippen molar-refractivity contribution in [3.8, 4) is 0 Å². The summed E-state index contributed by atoms with van der Waals surface area (Å²) in [6.45, 7) is 1.11. The predicted octanol–water partition coefficient (Wildman–Crippen LogP) is 3.35. The normalized spacial score (nSPS) is 10.9. The molecule has 3 aromatic carbocycles. The highest BCUT2D eigenvalue weighted by Gasteiger charge is 2.14. The van der Waals surface area contributed by atoms with Gasteiger partial charge in [-0.1, -0.05) is 42.5 Å². The molecular formula is C22H23N3O3S. The van der Waals surface area contributed by atoms with Crippen molar-refractivity contribution >= 4 is 27.3 Å². The molecule has 0 aliphatic rings. The lowest BCUT2D eigenvalue weighted by atomic mass is 10.2. The number of nitrogens with zero attached hydrogens (tertiary/aromatic N) is 1. The molecule has 0 atom stereocenters. The summed E-state index contributed by atoms with van der Waals surface area (Å²) in [5.41, 5.74) is 1.79. The van der Waals surface area contributed by atoms with Gasteiger partial charge in [-0.05, 0) is 42.5 Å². The number of carbonyl (C=O) groups is 1. The van der Waals surface area contributed by atoms with Gasteiger partial charge in [0.05, 0.1) is 4.90 Å². The molecule has 0 bridgehead atoms. The van der Waals surface area contributed by atoms with Gasteiger partial charge in [-0.15, -0.1) is 0 Å². The molecule has 0 fully saturated rings. The van der Waals surface area contributed by atoms with Gasteiger partial charge in [0, 0.05) is 37.1 Å². The van der Waals surface area contributed by atoms with E-state index in [1.165, 1.54) is 18.2 Å². The summed E-state index contributed by atoms with van der Waals surface area (Å²) in [4.78, 5) is 14.7. The third-order valence-electron chi connectivity index (χ3n) is 4.36. The molecule has 0 aliphatic heterocycles. The molecule has 0 aliphatic carbocycles. The Labute approximate surface area is 171 Å². The first-order valence-electron chi connectivity index (χ1n) is 9.18. The third-order valence-corrected chi connectivity index (χ3v) is 5.76. The number of rotatable bonds is 8. The number of carbonyl (C=O) groups excluding carboxylic acids is 1. The van der Waals surface area contributed by atoms with Gasteiger partial charge in [-0.25, -0.2) is 8.42 Å². The van der Waals surface area contributed by atoms with Gasteiger partial charge in [-0.3, -0.25) is 9.52 Å². The first-order valence-corrected chi connectivity index (χ1v) is 10.7. The van der Waals surface area contributed by atoms with E-state index >= 15 is 0 Å². The van der Waals surface area contributed by atoms with Crippen molar-refractivity contribution in [2.75, 3.05) is 29.8 Å². The number of nitrogens with one attached hydrogen (secondary N) is 2. The van der Waals surface area contributed by atoms with E-state index in [0.717, 1.165) is 5.69 Å². The Morgan fingerprint density at radius 2 is 1.55 bits per heavy atom. The fraction of sp³-hybridized carbons (Fsp3) is 0.136. The number of anilines is 2. The molecule has 29 heavy (non-hydrogen) atoms. The molecule has 1 amide bonds. The second-order valence-corrected chi connectivity index (χ2v) is 8.19. The van der Waals surface area contributed by atoms with Gasteiger partial charge in [0.1, 0.15) is 0 Å². The minimum absolute atomic E-state index is 0.166. The molecule has 6 nitrogen and oxygen atoms in total. The second kappa shape index (κ2) is 9.25. The Kier molecular flexibility index (Phi) is 6.51. The summed E-state index contributed by atoms with van der Waals surface area (Å²) >= 11 is 0. The van der Waals surface area contributed by atoms with Crippen LogP contribution in [0.3, 0.4) is 0 Å². The maximum Gasteiger partial charge on any atom is 0.261 e. The molecule has 7 heteroatoms. The van der Waals surface area contributed by atoms with Crippen molar-refractivity contribution in [1.29, 1.82) is 0 Å². The van der Waals surface area contributed by atoms with E-state index < -0.39 is 10.0 Å². The highest BCUT2D eigenvalue weighted by Crippen LogP contribution is 2.17. The van der Waals surface area contributed by atoms with E-state index in [4.69, 9.17) is 0 Å². The van der Waals surface area contributed by atoms with Crippen LogP contribution in [0.5, 0.6) is 0 Å². The number of hydrogen-bond acceptors (Lipinski definition) is 4. The molecule has 3 aromatic rings. The van der Waals surface area contributed by atoms with Crippen molar-refractivity contribution in [3.05, 3.63) is 90.5 Å². The quantitative estimate of drug-likeness (QED) is 0.598. The predicted molar refractivity (Wildman–Crippen MR) is 116 cm³/mol. The summed E-state index contributed by atoms with van der Waals surface area (Å²) in [5.74, 6) is -0.257. The first kappa shape index (κ1) is 20.4. The topological polar surface area (TPSA) is 78.5 Å². The summed E-state index contributed by atoms with van der Waals surface area (Å²) in [6, 6.07) is 24.4. The summed E-state index contributed by atoms with van der Waals surface area (Å²) in [6.07, 6.45) is 0. The van der Waals surface area contributed by atoms with Gasteiger partial charge in [0.15, 0.2) is 0 Å². The van der Waals surface area contributed by atoms with Crippen molar-refractivity contribution in [2.24, 2.45) is 0 Å². The second-order valence-electron chi connectivity index (χ2n) is 6.51. The number of hydrogen-bond donors (Lipinski definition) is 2. The average molecular weight is 410 g/mol. The van der Waals surface area contributed by atoms with Crippen LogP contribution in [0.25, 0.3) is 0 Å². The molecule has 0 radical (unpaired) electrons. The zero-order valence-electron chi connectivity index (χ0n) is 16.1. The van der Waals surface area contributed by atoms with Gasteiger partial charge >= 0.3 is 0 Å². The number of para-hydroxylation sites is 1. The van der Waals surface area contributed by atoms with E-state index in [1.807, 2.05) is 42.3 Å². The van der Waals surface area contributed by atoms with Crippen LogP contribution in [0.15, 0.2) is 89.8 Å². The van der Waals surface area contributed by atoms with E-state index in [-0.39, 0.29) is 10.8 Å². The lowest BCUT2D eigenvalue weighted by Gasteiger charge is -2.19. The average Bonchev–Trinajstić information content (AvgIpc) is 2.74. The molecule has 0 spiro atoms. The molecule has 150 valence electrons. The number of likely N-dealkylation sites (N-methyl/N-ethyl adjacent to an activating group) is 1. The van der Waals surface area contributed by atoms with Crippen LogP contribution in [0.1, 0.15) is 10.4 Å². The fourth-order valence-corrected chi connectivity index (χ4v) is 3.86. The lowest BCUT2D eigenvalue weighted by Crippen LogP contribution is -2.33. The van der Waals surface area contributed by atoms with E-state index in [0.29, 0.717) is 24.3 Å². The number of amides is 1. The molecule has 0 heterocycles. The number of sulfonamides is 1. The Morgan fingerprint density at radius 3 is 2.24 bits per heavy atom. The lowest BCUT2D eigenvalue weighted by molar-refractivity contribution is 0.0954. The summed E-state index contributed by atoms with van der Waals surface area (Å²) in [5, 5.41) is 2.86. The van der Waals surface area contributed by atoms with Gasteiger partial charge in [-0.2, -0.15) is 0 Å². The Hall–Kier alpha value is -3.32. The molecule has 2 N–H and O–H groups in total. The van der Waals surface area contributed by atoms with Gasteiger partial charge < -0.3 is 10.2 Å². The summed E-state index contributed by atoms with van der Waals surface area (Å²) < 4.78 is 27.4. The fourth-order valence-electron chi connectivity index (χ4n) is 2.79. The van der Waals surface area contributed by atoms with Crippen molar-refractivity contribution < 1.29 is 13.2 Å². The van der Waals surface area contributed by atoms with Crippen LogP contribution in [0, 0.1) is 0 Å². The minimum Gasteiger partial charge on any atom is -0.373 e. The van der Waals surface area contributed by atoms with Crippen molar-refractivity contribution in [3.63, 3.8) is 0 Å². The zero-order valence-corrected chi connectivity index (χ0v) is 16.9. The van der Waals surface area contributed by atoms with Crippen LogP contribution < -0.4 is 14.9 Å². The van der Waals surface area contributed by atoms with Crippen LogP contribution in [-0.4, -0.2) is 34.5 Å². The van der Waals surface area contributed by atoms with Gasteiger partial charge in [0.25, 0.3) is 15.9 Å². The van der Waals surface area contributed by atoms with Gasteiger partial charge in [0.2, 0.25) is 0 Å². The van der Waals surface area contributed by atoms with Crippen LogP contribution >= 0.6 is 0 Å². The zero-order chi connectivity index (χ0) is 20.7. The molecule has 0 saturated carbocycles. The van der Waals surface area contributed by atoms with Crippen molar-refractivity contribution in [1.82, 2.24) is 5.32 Å². The van der Waals surface area contributed by atoms with E-state index in [1.54, 1.807) is 36.4 Å². The largest absolute Gasteiger partial charge is 0.373 e. The standard InChI is InChI=1S/C22H23N3O3S/c1-25(20-11-4-2-5-12-20)16-15-23-22(26)18-9-8-10-19(17-18)24-29(27,28)21-13-6-3-7-14-21/h2-14,17,24H,15-16H2,1H3,(H,23,26). The van der Waals surface area contributed by atoms with Crippen LogP contribution in [0.4, 0.5) is 11.4 Å². The maximum atomic E-state index is 12.4.